The van der Waals surface area contributed by atoms with Gasteiger partial charge in [0.05, 0.1) is 32.5 Å². The Bertz CT molecular complexity index is 1470. The van der Waals surface area contributed by atoms with Crippen LogP contribution in [0.5, 0.6) is 0 Å². The van der Waals surface area contributed by atoms with Gasteiger partial charge in [-0.15, -0.1) is 6.58 Å². The number of halogens is 2. The first-order valence-electron chi connectivity index (χ1n) is 12.8. The number of hydrogen-bond acceptors (Lipinski definition) is 4. The molecule has 4 aromatic rings. The van der Waals surface area contributed by atoms with Gasteiger partial charge in [-0.05, 0) is 74.4 Å². The van der Waals surface area contributed by atoms with Crippen LogP contribution in [0.25, 0.3) is 22.2 Å². The summed E-state index contributed by atoms with van der Waals surface area (Å²) >= 11 is 12.9. The van der Waals surface area contributed by atoms with Crippen LogP contribution in [-0.4, -0.2) is 32.4 Å². The predicted molar refractivity (Wildman–Crippen MR) is 166 cm³/mol. The molecule has 1 saturated heterocycles. The maximum atomic E-state index is 13.0. The summed E-state index contributed by atoms with van der Waals surface area (Å²) in [6.45, 7) is 9.96. The Morgan fingerprint density at radius 3 is 2.51 bits per heavy atom. The smallest absolute Gasteiger partial charge is 0.257 e. The molecule has 6 nitrogen and oxygen atoms in total. The van der Waals surface area contributed by atoms with Crippen LogP contribution in [-0.2, 0) is 11.0 Å². The Hall–Kier alpha value is -3.26. The van der Waals surface area contributed by atoms with Crippen LogP contribution in [0.15, 0.2) is 79.6 Å². The van der Waals surface area contributed by atoms with Crippen molar-refractivity contribution in [2.24, 2.45) is 0 Å². The number of nitrogens with zero attached hydrogens (tertiary/aromatic N) is 3. The van der Waals surface area contributed by atoms with E-state index < -0.39 is 11.0 Å². The van der Waals surface area contributed by atoms with E-state index in [1.165, 1.54) is 0 Å². The van der Waals surface area contributed by atoms with Crippen LogP contribution >= 0.6 is 23.2 Å². The lowest BCUT2D eigenvalue weighted by atomic mass is 10.1. The van der Waals surface area contributed by atoms with E-state index in [1.807, 2.05) is 43.3 Å². The van der Waals surface area contributed by atoms with Gasteiger partial charge in [-0.1, -0.05) is 43.1 Å². The number of hydrogen-bond donors (Lipinski definition) is 1. The molecule has 1 N–H and O–H groups in total. The summed E-state index contributed by atoms with van der Waals surface area (Å²) < 4.78 is 14.1. The average molecular weight is 584 g/mol. The Morgan fingerprint density at radius 1 is 1.03 bits per heavy atom. The highest BCUT2D eigenvalue weighted by Crippen LogP contribution is 2.34. The van der Waals surface area contributed by atoms with E-state index in [-0.39, 0.29) is 5.91 Å². The predicted octanol–water partition coefficient (Wildman–Crippen LogP) is 8.34. The van der Waals surface area contributed by atoms with Gasteiger partial charge >= 0.3 is 0 Å². The summed E-state index contributed by atoms with van der Waals surface area (Å²) in [4.78, 5) is 21.9. The van der Waals surface area contributed by atoms with Gasteiger partial charge in [0.2, 0.25) is 0 Å². The zero-order valence-corrected chi connectivity index (χ0v) is 24.6. The lowest BCUT2D eigenvalue weighted by Crippen LogP contribution is -2.33. The maximum Gasteiger partial charge on any atom is 0.257 e. The summed E-state index contributed by atoms with van der Waals surface area (Å²) in [7, 11) is -1.07. The summed E-state index contributed by atoms with van der Waals surface area (Å²) in [6, 6.07) is 16.0. The SMILES string of the molecule is C=CC.CC.O=C(Nc1ccc(Cl)c(-c2nccc3ncccc23)c1)c1ccc(N2CCCCS2=O)cc1Cl. The van der Waals surface area contributed by atoms with Crippen molar-refractivity contribution in [3.05, 3.63) is 95.3 Å². The standard InChI is InChI=1S/C25H20Cl2N4O2S.C3H6.C2H6/c26-21-8-5-16(14-20(21)24-19-4-3-10-28-23(19)9-11-29-24)30-25(32)18-7-6-17(15-22(18)27)31-12-1-2-13-34(31)33;1-3-2;1-2/h3-11,14-15H,1-2,12-13H2,(H,30,32);3H,1H2,2H3;1-2H3. The molecule has 0 aliphatic carbocycles. The molecule has 1 unspecified atom stereocenters. The number of rotatable bonds is 4. The number of aromatic nitrogens is 2. The lowest BCUT2D eigenvalue weighted by Gasteiger charge is -2.27. The van der Waals surface area contributed by atoms with Crippen molar-refractivity contribution in [1.29, 1.82) is 0 Å². The average Bonchev–Trinajstić information content (AvgIpc) is 2.95. The maximum absolute atomic E-state index is 13.0. The van der Waals surface area contributed by atoms with Crippen LogP contribution in [0.3, 0.4) is 0 Å². The molecule has 3 heterocycles. The first kappa shape index (κ1) is 30.3. The van der Waals surface area contributed by atoms with E-state index in [4.69, 9.17) is 23.2 Å². The second kappa shape index (κ2) is 14.8. The van der Waals surface area contributed by atoms with Crippen LogP contribution in [0, 0.1) is 0 Å². The molecule has 204 valence electrons. The number of pyridine rings is 2. The van der Waals surface area contributed by atoms with Crippen LogP contribution in [0.2, 0.25) is 10.0 Å². The van der Waals surface area contributed by atoms with Gasteiger partial charge < -0.3 is 5.32 Å². The van der Waals surface area contributed by atoms with Crippen molar-refractivity contribution in [3.8, 4) is 11.3 Å². The molecule has 1 fully saturated rings. The molecule has 5 rings (SSSR count). The molecule has 0 radical (unpaired) electrons. The normalized spacial score (nSPS) is 14.4. The minimum absolute atomic E-state index is 0.300. The third kappa shape index (κ3) is 7.44. The Balaban J connectivity index is 0.000000787. The molecule has 1 atom stereocenters. The molecule has 39 heavy (non-hydrogen) atoms. The largest absolute Gasteiger partial charge is 0.322 e. The first-order chi connectivity index (χ1) is 18.9. The van der Waals surface area contributed by atoms with E-state index >= 15 is 0 Å². The summed E-state index contributed by atoms with van der Waals surface area (Å²) in [5.74, 6) is 0.289. The van der Waals surface area contributed by atoms with E-state index in [9.17, 15) is 9.00 Å². The number of nitrogens with one attached hydrogen (secondary N) is 1. The fourth-order valence-electron chi connectivity index (χ4n) is 3.98. The third-order valence-corrected chi connectivity index (χ3v) is 7.84. The molecular formula is C30H32Cl2N4O2S. The van der Waals surface area contributed by atoms with Gasteiger partial charge in [0.1, 0.15) is 11.0 Å². The molecule has 1 aliphatic heterocycles. The van der Waals surface area contributed by atoms with Gasteiger partial charge in [-0.3, -0.25) is 19.1 Å². The highest BCUT2D eigenvalue weighted by molar-refractivity contribution is 7.86. The molecule has 0 saturated carbocycles. The Labute approximate surface area is 242 Å². The quantitative estimate of drug-likeness (QED) is 0.245. The molecule has 1 amide bonds. The fraction of sp³-hybridized carbons (Fsp3) is 0.233. The molecule has 0 bridgehead atoms. The van der Waals surface area contributed by atoms with Crippen LogP contribution in [0.1, 0.15) is 44.0 Å². The topological polar surface area (TPSA) is 75.2 Å². The van der Waals surface area contributed by atoms with Gasteiger partial charge in [0, 0.05) is 41.3 Å². The number of carbonyl (C=O) groups is 1. The molecule has 1 aliphatic rings. The van der Waals surface area contributed by atoms with E-state index in [0.29, 0.717) is 44.9 Å². The van der Waals surface area contributed by atoms with Crippen molar-refractivity contribution in [3.63, 3.8) is 0 Å². The van der Waals surface area contributed by atoms with Crippen molar-refractivity contribution in [2.75, 3.05) is 21.9 Å². The third-order valence-electron chi connectivity index (χ3n) is 5.67. The van der Waals surface area contributed by atoms with E-state index in [2.05, 4.69) is 21.9 Å². The van der Waals surface area contributed by atoms with Crippen molar-refractivity contribution in [2.45, 2.75) is 33.6 Å². The second-order valence-corrected chi connectivity index (χ2v) is 10.6. The van der Waals surface area contributed by atoms with Gasteiger partial charge in [0.15, 0.2) is 0 Å². The molecular weight excluding hydrogens is 551 g/mol. The molecule has 2 aromatic carbocycles. The van der Waals surface area contributed by atoms with Crippen molar-refractivity contribution < 1.29 is 9.00 Å². The van der Waals surface area contributed by atoms with Crippen LogP contribution < -0.4 is 9.62 Å². The summed E-state index contributed by atoms with van der Waals surface area (Å²) in [6.07, 6.45) is 7.09. The number of allylic oxidation sites excluding steroid dienone is 1. The number of anilines is 2. The second-order valence-electron chi connectivity index (χ2n) is 8.29. The van der Waals surface area contributed by atoms with Gasteiger partial charge in [-0.2, -0.15) is 0 Å². The van der Waals surface area contributed by atoms with E-state index in [0.717, 1.165) is 29.4 Å². The zero-order valence-electron chi connectivity index (χ0n) is 22.3. The van der Waals surface area contributed by atoms with E-state index in [1.54, 1.807) is 54.9 Å². The lowest BCUT2D eigenvalue weighted by molar-refractivity contribution is 0.102. The number of carbonyl (C=O) groups excluding carboxylic acids is 1. The van der Waals surface area contributed by atoms with Crippen LogP contribution in [0.4, 0.5) is 11.4 Å². The van der Waals surface area contributed by atoms with Gasteiger partial charge in [-0.25, -0.2) is 4.21 Å². The first-order valence-corrected chi connectivity index (χ1v) is 14.8. The fourth-order valence-corrected chi connectivity index (χ4v) is 5.80. The summed E-state index contributed by atoms with van der Waals surface area (Å²) in [5.41, 5.74) is 3.82. The Morgan fingerprint density at radius 2 is 1.79 bits per heavy atom. The van der Waals surface area contributed by atoms with Crippen molar-refractivity contribution >= 4 is 62.4 Å². The number of amides is 1. The summed E-state index contributed by atoms with van der Waals surface area (Å²) in [5, 5.41) is 4.57. The molecule has 9 heteroatoms. The highest BCUT2D eigenvalue weighted by atomic mass is 35.5. The molecule has 2 aromatic heterocycles. The highest BCUT2D eigenvalue weighted by Gasteiger charge is 2.20. The minimum atomic E-state index is -1.07. The van der Waals surface area contributed by atoms with Gasteiger partial charge in [0.25, 0.3) is 5.91 Å². The zero-order chi connectivity index (χ0) is 28.4. The number of fused-ring (bicyclic) bond motifs is 1. The minimum Gasteiger partial charge on any atom is -0.322 e. The monoisotopic (exact) mass is 582 g/mol. The Kier molecular flexibility index (Phi) is 11.5. The number of benzene rings is 2. The molecule has 0 spiro atoms. The van der Waals surface area contributed by atoms with Crippen molar-refractivity contribution in [1.82, 2.24) is 9.97 Å².